The van der Waals surface area contributed by atoms with Crippen molar-refractivity contribution in [3.8, 4) is 0 Å². The van der Waals surface area contributed by atoms with E-state index in [2.05, 4.69) is 12.2 Å². The number of nitro benzene ring substituents is 1. The van der Waals surface area contributed by atoms with E-state index in [4.69, 9.17) is 0 Å². The molecule has 2 unspecified atom stereocenters. The second-order valence-electron chi connectivity index (χ2n) is 4.49. The third-order valence-corrected chi connectivity index (χ3v) is 3.14. The van der Waals surface area contributed by atoms with Crippen molar-refractivity contribution in [2.75, 3.05) is 6.54 Å². The molecule has 1 rings (SSSR count). The van der Waals surface area contributed by atoms with Gasteiger partial charge in [0.2, 0.25) is 0 Å². The summed E-state index contributed by atoms with van der Waals surface area (Å²) < 4.78 is 13.2. The average Bonchev–Trinajstić information content (AvgIpc) is 2.34. The molecule has 1 aromatic carbocycles. The number of nitro groups is 1. The Morgan fingerprint density at radius 2 is 2.11 bits per heavy atom. The number of nitrogens with one attached hydrogen (secondary N) is 1. The van der Waals surface area contributed by atoms with Gasteiger partial charge < -0.3 is 5.32 Å². The summed E-state index contributed by atoms with van der Waals surface area (Å²) in [5.74, 6) is -0.558. The third-order valence-electron chi connectivity index (χ3n) is 3.14. The van der Waals surface area contributed by atoms with Crippen LogP contribution in [-0.4, -0.2) is 17.5 Å². The molecule has 5 heteroatoms. The summed E-state index contributed by atoms with van der Waals surface area (Å²) in [4.78, 5) is 10.5. The Labute approximate surface area is 106 Å². The maximum atomic E-state index is 13.2. The van der Waals surface area contributed by atoms with Crippen molar-refractivity contribution < 1.29 is 9.31 Å². The van der Waals surface area contributed by atoms with Gasteiger partial charge in [0.1, 0.15) is 5.82 Å². The van der Waals surface area contributed by atoms with Crippen LogP contribution in [0.25, 0.3) is 0 Å². The fourth-order valence-corrected chi connectivity index (χ4v) is 1.87. The highest BCUT2D eigenvalue weighted by Gasteiger charge is 2.23. The van der Waals surface area contributed by atoms with Crippen LogP contribution in [0.3, 0.4) is 0 Å². The monoisotopic (exact) mass is 254 g/mol. The van der Waals surface area contributed by atoms with Crippen molar-refractivity contribution in [1.82, 2.24) is 5.32 Å². The number of hydrogen-bond donors (Lipinski definition) is 1. The molecule has 0 amide bonds. The van der Waals surface area contributed by atoms with Gasteiger partial charge in [-0.2, -0.15) is 0 Å². The van der Waals surface area contributed by atoms with Gasteiger partial charge in [-0.15, -0.1) is 0 Å². The molecule has 0 bridgehead atoms. The predicted octanol–water partition coefficient (Wildman–Crippen LogP) is 3.23. The first kappa shape index (κ1) is 14.6. The van der Waals surface area contributed by atoms with E-state index in [1.807, 2.05) is 13.8 Å². The lowest BCUT2D eigenvalue weighted by molar-refractivity contribution is -0.385. The lowest BCUT2D eigenvalue weighted by atomic mass is 9.92. The van der Waals surface area contributed by atoms with Crippen LogP contribution in [0.5, 0.6) is 0 Å². The lowest BCUT2D eigenvalue weighted by Crippen LogP contribution is -2.31. The Bertz CT molecular complexity index is 423. The highest BCUT2D eigenvalue weighted by molar-refractivity contribution is 5.43. The van der Waals surface area contributed by atoms with Crippen molar-refractivity contribution >= 4 is 5.69 Å². The zero-order valence-corrected chi connectivity index (χ0v) is 10.9. The Morgan fingerprint density at radius 3 is 2.67 bits per heavy atom. The van der Waals surface area contributed by atoms with E-state index in [0.717, 1.165) is 19.0 Å². The molecule has 4 nitrogen and oxygen atoms in total. The Hall–Kier alpha value is -1.49. The number of nitrogens with zero attached hydrogens (tertiary/aromatic N) is 1. The van der Waals surface area contributed by atoms with E-state index in [0.29, 0.717) is 5.56 Å². The third kappa shape index (κ3) is 3.50. The largest absolute Gasteiger partial charge is 0.314 e. The SMILES string of the molecule is CCCNC(C)C(C)c1cc(F)ccc1[N+](=O)[O-]. The fourth-order valence-electron chi connectivity index (χ4n) is 1.87. The maximum absolute atomic E-state index is 13.2. The molecule has 0 aliphatic rings. The minimum atomic E-state index is -0.461. The second kappa shape index (κ2) is 6.44. The Morgan fingerprint density at radius 1 is 1.44 bits per heavy atom. The van der Waals surface area contributed by atoms with E-state index in [1.165, 1.54) is 12.1 Å². The molecule has 0 aliphatic heterocycles. The molecule has 0 spiro atoms. The van der Waals surface area contributed by atoms with Gasteiger partial charge >= 0.3 is 0 Å². The van der Waals surface area contributed by atoms with Crippen LogP contribution in [0.15, 0.2) is 18.2 Å². The van der Waals surface area contributed by atoms with E-state index < -0.39 is 10.7 Å². The fraction of sp³-hybridized carbons (Fsp3) is 0.538. The Balaban J connectivity index is 2.99. The van der Waals surface area contributed by atoms with Crippen molar-refractivity contribution in [3.05, 3.63) is 39.7 Å². The van der Waals surface area contributed by atoms with Crippen molar-refractivity contribution in [1.29, 1.82) is 0 Å². The average molecular weight is 254 g/mol. The van der Waals surface area contributed by atoms with Gasteiger partial charge in [-0.1, -0.05) is 13.8 Å². The van der Waals surface area contributed by atoms with Gasteiger partial charge in [0.15, 0.2) is 0 Å². The minimum absolute atomic E-state index is 0.0194. The van der Waals surface area contributed by atoms with Gasteiger partial charge in [-0.3, -0.25) is 10.1 Å². The van der Waals surface area contributed by atoms with Crippen LogP contribution in [0.2, 0.25) is 0 Å². The maximum Gasteiger partial charge on any atom is 0.273 e. The van der Waals surface area contributed by atoms with Crippen LogP contribution in [0.1, 0.15) is 38.7 Å². The molecule has 0 fully saturated rings. The zero-order valence-electron chi connectivity index (χ0n) is 10.9. The molecule has 0 aliphatic carbocycles. The molecular weight excluding hydrogens is 235 g/mol. The van der Waals surface area contributed by atoms with Crippen molar-refractivity contribution in [3.63, 3.8) is 0 Å². The number of benzene rings is 1. The predicted molar refractivity (Wildman–Crippen MR) is 69.2 cm³/mol. The first-order valence-corrected chi connectivity index (χ1v) is 6.14. The topological polar surface area (TPSA) is 55.2 Å². The van der Waals surface area contributed by atoms with Crippen molar-refractivity contribution in [2.45, 2.75) is 39.2 Å². The van der Waals surface area contributed by atoms with E-state index >= 15 is 0 Å². The molecule has 2 atom stereocenters. The Kier molecular flexibility index (Phi) is 5.22. The molecule has 0 aromatic heterocycles. The first-order chi connectivity index (χ1) is 8.47. The molecule has 0 saturated carbocycles. The molecule has 0 radical (unpaired) electrons. The lowest BCUT2D eigenvalue weighted by Gasteiger charge is -2.21. The summed E-state index contributed by atoms with van der Waals surface area (Å²) in [5.41, 5.74) is 0.421. The van der Waals surface area contributed by atoms with Gasteiger partial charge in [-0.25, -0.2) is 4.39 Å². The molecular formula is C13H19FN2O2. The summed E-state index contributed by atoms with van der Waals surface area (Å²) >= 11 is 0. The molecule has 1 aromatic rings. The van der Waals surface area contributed by atoms with Gasteiger partial charge in [-0.05, 0) is 32.0 Å². The minimum Gasteiger partial charge on any atom is -0.314 e. The second-order valence-corrected chi connectivity index (χ2v) is 4.49. The molecule has 1 N–H and O–H groups in total. The van der Waals surface area contributed by atoms with E-state index in [9.17, 15) is 14.5 Å². The normalized spacial score (nSPS) is 14.2. The summed E-state index contributed by atoms with van der Waals surface area (Å²) in [7, 11) is 0. The summed E-state index contributed by atoms with van der Waals surface area (Å²) in [6, 6.07) is 3.67. The van der Waals surface area contributed by atoms with Crippen molar-refractivity contribution in [2.24, 2.45) is 0 Å². The van der Waals surface area contributed by atoms with Gasteiger partial charge in [0.05, 0.1) is 4.92 Å². The van der Waals surface area contributed by atoms with Crippen LogP contribution >= 0.6 is 0 Å². The zero-order chi connectivity index (χ0) is 13.7. The van der Waals surface area contributed by atoms with Crippen LogP contribution in [0, 0.1) is 15.9 Å². The van der Waals surface area contributed by atoms with Crippen LogP contribution in [0.4, 0.5) is 10.1 Å². The first-order valence-electron chi connectivity index (χ1n) is 6.14. The summed E-state index contributed by atoms with van der Waals surface area (Å²) in [5, 5.41) is 14.2. The van der Waals surface area contributed by atoms with Crippen LogP contribution < -0.4 is 5.32 Å². The molecule has 0 saturated heterocycles. The van der Waals surface area contributed by atoms with Gasteiger partial charge in [0.25, 0.3) is 5.69 Å². The number of rotatable bonds is 6. The molecule has 100 valence electrons. The summed E-state index contributed by atoms with van der Waals surface area (Å²) in [6.45, 7) is 6.72. The van der Waals surface area contributed by atoms with Crippen LogP contribution in [-0.2, 0) is 0 Å². The smallest absolute Gasteiger partial charge is 0.273 e. The number of hydrogen-bond acceptors (Lipinski definition) is 3. The standard InChI is InChI=1S/C13H19FN2O2/c1-4-7-15-10(3)9(2)12-8-11(14)5-6-13(12)16(17)18/h5-6,8-10,15H,4,7H2,1-3H3. The highest BCUT2D eigenvalue weighted by Crippen LogP contribution is 2.29. The highest BCUT2D eigenvalue weighted by atomic mass is 19.1. The van der Waals surface area contributed by atoms with E-state index in [1.54, 1.807) is 0 Å². The van der Waals surface area contributed by atoms with Gasteiger partial charge in [0, 0.05) is 23.6 Å². The molecule has 18 heavy (non-hydrogen) atoms. The van der Waals surface area contributed by atoms with E-state index in [-0.39, 0.29) is 17.6 Å². The molecule has 0 heterocycles. The summed E-state index contributed by atoms with van der Waals surface area (Å²) in [6.07, 6.45) is 0.988. The number of halogens is 1. The quantitative estimate of drug-likeness (QED) is 0.626.